The zero-order chi connectivity index (χ0) is 17.4. The van der Waals surface area contributed by atoms with Gasteiger partial charge in [-0.2, -0.15) is 0 Å². The summed E-state index contributed by atoms with van der Waals surface area (Å²) < 4.78 is 0.873. The zero-order valence-electron chi connectivity index (χ0n) is 13.5. The molecule has 1 aromatic heterocycles. The summed E-state index contributed by atoms with van der Waals surface area (Å²) in [5.74, 6) is 1.38. The molecule has 25 heavy (non-hydrogen) atoms. The third-order valence-corrected chi connectivity index (χ3v) is 5.54. The number of rotatable bonds is 2. The van der Waals surface area contributed by atoms with Crippen molar-refractivity contribution in [3.05, 3.63) is 63.3 Å². The van der Waals surface area contributed by atoms with Crippen molar-refractivity contribution in [1.29, 1.82) is 0 Å². The van der Waals surface area contributed by atoms with Gasteiger partial charge in [-0.15, -0.1) is 0 Å². The molecule has 1 N–H and O–H groups in total. The summed E-state index contributed by atoms with van der Waals surface area (Å²) >= 11 is 9.59. The lowest BCUT2D eigenvalue weighted by Crippen LogP contribution is -2.38. The second-order valence-corrected chi connectivity index (χ2v) is 7.65. The number of hydrogen-bond donors (Lipinski definition) is 1. The number of aromatic nitrogens is 2. The number of aromatic amines is 1. The third kappa shape index (κ3) is 3.31. The number of hydrogen-bond acceptors (Lipinski definition) is 2. The van der Waals surface area contributed by atoms with Crippen molar-refractivity contribution in [3.63, 3.8) is 0 Å². The van der Waals surface area contributed by atoms with E-state index in [0.717, 1.165) is 34.2 Å². The number of imidazole rings is 1. The molecule has 0 bridgehead atoms. The minimum atomic E-state index is 0.000515. The van der Waals surface area contributed by atoms with Crippen LogP contribution in [0.25, 0.3) is 11.0 Å². The van der Waals surface area contributed by atoms with Crippen LogP contribution in [0.4, 0.5) is 0 Å². The van der Waals surface area contributed by atoms with Crippen LogP contribution in [0.2, 0.25) is 5.02 Å². The molecule has 0 radical (unpaired) electrons. The van der Waals surface area contributed by atoms with Crippen molar-refractivity contribution in [3.8, 4) is 0 Å². The summed E-state index contributed by atoms with van der Waals surface area (Å²) in [5.41, 5.74) is 2.63. The Balaban J connectivity index is 1.46. The average molecular weight is 419 g/mol. The molecule has 1 aliphatic heterocycles. The van der Waals surface area contributed by atoms with Crippen molar-refractivity contribution in [1.82, 2.24) is 14.9 Å². The van der Waals surface area contributed by atoms with E-state index < -0.39 is 0 Å². The molecular weight excluding hydrogens is 402 g/mol. The minimum Gasteiger partial charge on any atom is -0.342 e. The van der Waals surface area contributed by atoms with E-state index in [-0.39, 0.29) is 5.91 Å². The van der Waals surface area contributed by atoms with Crippen molar-refractivity contribution in [2.45, 2.75) is 18.8 Å². The number of halogens is 2. The predicted octanol–water partition coefficient (Wildman–Crippen LogP) is 5.00. The molecular formula is C19H17BrClN3O. The van der Waals surface area contributed by atoms with Gasteiger partial charge >= 0.3 is 0 Å². The van der Waals surface area contributed by atoms with Gasteiger partial charge in [0.2, 0.25) is 0 Å². The predicted molar refractivity (Wildman–Crippen MR) is 103 cm³/mol. The van der Waals surface area contributed by atoms with E-state index in [2.05, 4.69) is 20.9 Å². The molecule has 4 rings (SSSR count). The van der Waals surface area contributed by atoms with Crippen LogP contribution in [0.15, 0.2) is 46.9 Å². The summed E-state index contributed by atoms with van der Waals surface area (Å²) in [4.78, 5) is 22.7. The Hall–Kier alpha value is -1.85. The number of fused-ring (bicyclic) bond motifs is 1. The largest absolute Gasteiger partial charge is 0.342 e. The van der Waals surface area contributed by atoms with Crippen LogP contribution < -0.4 is 0 Å². The number of H-pyrrole nitrogens is 1. The lowest BCUT2D eigenvalue weighted by Gasteiger charge is -2.31. The second kappa shape index (κ2) is 6.81. The van der Waals surface area contributed by atoms with E-state index in [1.54, 1.807) is 12.1 Å². The fourth-order valence-electron chi connectivity index (χ4n) is 3.36. The van der Waals surface area contributed by atoms with Gasteiger partial charge in [-0.05, 0) is 43.2 Å². The fraction of sp³-hybridized carbons (Fsp3) is 0.263. The molecule has 1 fully saturated rings. The summed E-state index contributed by atoms with van der Waals surface area (Å²) in [6.07, 6.45) is 1.80. The third-order valence-electron chi connectivity index (χ3n) is 4.74. The number of amides is 1. The van der Waals surface area contributed by atoms with E-state index in [0.29, 0.717) is 29.6 Å². The molecule has 0 spiro atoms. The molecule has 0 atom stereocenters. The molecule has 0 saturated carbocycles. The number of carbonyl (C=O) groups is 1. The van der Waals surface area contributed by atoms with Gasteiger partial charge in [0, 0.05) is 23.5 Å². The SMILES string of the molecule is O=C(c1ccc(Br)cc1Cl)N1CCC(c2nc3ccccc3[nH]2)CC1. The van der Waals surface area contributed by atoms with Gasteiger partial charge in [-0.25, -0.2) is 4.98 Å². The topological polar surface area (TPSA) is 49.0 Å². The zero-order valence-corrected chi connectivity index (χ0v) is 15.8. The Morgan fingerprint density at radius 1 is 1.20 bits per heavy atom. The molecule has 1 amide bonds. The van der Waals surface area contributed by atoms with Gasteiger partial charge in [-0.1, -0.05) is 39.7 Å². The maximum Gasteiger partial charge on any atom is 0.255 e. The van der Waals surface area contributed by atoms with Crippen molar-refractivity contribution >= 4 is 44.5 Å². The van der Waals surface area contributed by atoms with Gasteiger partial charge in [-0.3, -0.25) is 4.79 Å². The van der Waals surface area contributed by atoms with Gasteiger partial charge in [0.25, 0.3) is 5.91 Å². The second-order valence-electron chi connectivity index (χ2n) is 6.33. The fourth-order valence-corrected chi connectivity index (χ4v) is 4.11. The number of piperidine rings is 1. The Labute approximate surface area is 159 Å². The molecule has 1 saturated heterocycles. The normalized spacial score (nSPS) is 15.7. The highest BCUT2D eigenvalue weighted by molar-refractivity contribution is 9.10. The Kier molecular flexibility index (Phi) is 4.52. The van der Waals surface area contributed by atoms with Gasteiger partial charge in [0.05, 0.1) is 21.6 Å². The van der Waals surface area contributed by atoms with E-state index in [1.807, 2.05) is 35.2 Å². The first-order valence-electron chi connectivity index (χ1n) is 8.31. The lowest BCUT2D eigenvalue weighted by molar-refractivity contribution is 0.0711. The van der Waals surface area contributed by atoms with E-state index in [9.17, 15) is 4.79 Å². The Bertz CT molecular complexity index is 898. The van der Waals surface area contributed by atoms with Crippen LogP contribution in [-0.4, -0.2) is 33.9 Å². The molecule has 3 aromatic rings. The highest BCUT2D eigenvalue weighted by Crippen LogP contribution is 2.29. The van der Waals surface area contributed by atoms with Crippen LogP contribution in [0.3, 0.4) is 0 Å². The van der Waals surface area contributed by atoms with Crippen LogP contribution in [0.5, 0.6) is 0 Å². The van der Waals surface area contributed by atoms with E-state index in [4.69, 9.17) is 16.6 Å². The Morgan fingerprint density at radius 2 is 1.96 bits per heavy atom. The number of carbonyl (C=O) groups excluding carboxylic acids is 1. The molecule has 1 aliphatic rings. The van der Waals surface area contributed by atoms with Crippen LogP contribution in [-0.2, 0) is 0 Å². The molecule has 6 heteroatoms. The number of likely N-dealkylation sites (tertiary alicyclic amines) is 1. The van der Waals surface area contributed by atoms with Gasteiger partial charge in [0.1, 0.15) is 5.82 Å². The van der Waals surface area contributed by atoms with E-state index in [1.165, 1.54) is 0 Å². The first kappa shape index (κ1) is 16.6. The molecule has 2 aromatic carbocycles. The smallest absolute Gasteiger partial charge is 0.255 e. The lowest BCUT2D eigenvalue weighted by atomic mass is 9.95. The molecule has 128 valence electrons. The number of nitrogens with zero attached hydrogens (tertiary/aromatic N) is 2. The van der Waals surface area contributed by atoms with Crippen LogP contribution >= 0.6 is 27.5 Å². The first-order chi connectivity index (χ1) is 12.1. The summed E-state index contributed by atoms with van der Waals surface area (Å²) in [6.45, 7) is 1.43. The first-order valence-corrected chi connectivity index (χ1v) is 9.48. The molecule has 0 aliphatic carbocycles. The minimum absolute atomic E-state index is 0.000515. The highest BCUT2D eigenvalue weighted by atomic mass is 79.9. The standard InChI is InChI=1S/C19H17BrClN3O/c20-13-5-6-14(15(21)11-13)19(25)24-9-7-12(8-10-24)18-22-16-3-1-2-4-17(16)23-18/h1-6,11-12H,7-10H2,(H,22,23). The van der Waals surface area contributed by atoms with Gasteiger partial charge < -0.3 is 9.88 Å². The maximum atomic E-state index is 12.7. The van der Waals surface area contributed by atoms with Crippen molar-refractivity contribution in [2.75, 3.05) is 13.1 Å². The van der Waals surface area contributed by atoms with E-state index >= 15 is 0 Å². The average Bonchev–Trinajstić information content (AvgIpc) is 3.05. The number of nitrogens with one attached hydrogen (secondary N) is 1. The molecule has 2 heterocycles. The summed E-state index contributed by atoms with van der Waals surface area (Å²) in [6, 6.07) is 13.4. The maximum absolute atomic E-state index is 12.7. The number of para-hydroxylation sites is 2. The Morgan fingerprint density at radius 3 is 2.68 bits per heavy atom. The van der Waals surface area contributed by atoms with Crippen LogP contribution in [0.1, 0.15) is 34.9 Å². The van der Waals surface area contributed by atoms with Crippen LogP contribution in [0, 0.1) is 0 Å². The highest BCUT2D eigenvalue weighted by Gasteiger charge is 2.27. The quantitative estimate of drug-likeness (QED) is 0.637. The monoisotopic (exact) mass is 417 g/mol. The van der Waals surface area contributed by atoms with Crippen molar-refractivity contribution in [2.24, 2.45) is 0 Å². The summed E-state index contributed by atoms with van der Waals surface area (Å²) in [5, 5.41) is 0.485. The summed E-state index contributed by atoms with van der Waals surface area (Å²) in [7, 11) is 0. The molecule has 4 nitrogen and oxygen atoms in total. The van der Waals surface area contributed by atoms with Crippen molar-refractivity contribution < 1.29 is 4.79 Å². The number of benzene rings is 2. The molecule has 0 unspecified atom stereocenters. The van der Waals surface area contributed by atoms with Gasteiger partial charge in [0.15, 0.2) is 0 Å².